The molecule has 0 spiro atoms. The van der Waals surface area contributed by atoms with Crippen LogP contribution in [-0.4, -0.2) is 51.3 Å². The molecule has 0 aromatic heterocycles. The van der Waals surface area contributed by atoms with Crippen molar-refractivity contribution in [3.05, 3.63) is 0 Å². The molecule has 0 aromatic rings. The lowest BCUT2D eigenvalue weighted by Gasteiger charge is -2.22. The van der Waals surface area contributed by atoms with Gasteiger partial charge in [0.2, 0.25) is 5.91 Å². The van der Waals surface area contributed by atoms with Gasteiger partial charge in [-0.2, -0.15) is 0 Å². The van der Waals surface area contributed by atoms with Gasteiger partial charge in [-0.1, -0.05) is 0 Å². The minimum atomic E-state index is -0.330. The van der Waals surface area contributed by atoms with E-state index >= 15 is 0 Å². The van der Waals surface area contributed by atoms with Crippen molar-refractivity contribution in [3.8, 4) is 0 Å². The SMILES string of the molecule is COC(=O)CCNC(=O)C1COCCN1.Cl. The average molecular weight is 253 g/mol. The zero-order valence-corrected chi connectivity index (χ0v) is 9.97. The third kappa shape index (κ3) is 5.29. The molecule has 0 aliphatic carbocycles. The van der Waals surface area contributed by atoms with Crippen LogP contribution >= 0.6 is 12.4 Å². The predicted molar refractivity (Wildman–Crippen MR) is 59.5 cm³/mol. The van der Waals surface area contributed by atoms with Crippen LogP contribution in [0.15, 0.2) is 0 Å². The number of carbonyl (C=O) groups excluding carboxylic acids is 2. The molecule has 0 aromatic carbocycles. The van der Waals surface area contributed by atoms with Gasteiger partial charge in [-0.15, -0.1) is 12.4 Å². The molecule has 0 radical (unpaired) electrons. The summed E-state index contributed by atoms with van der Waals surface area (Å²) in [6.45, 7) is 1.98. The molecule has 6 nitrogen and oxygen atoms in total. The highest BCUT2D eigenvalue weighted by Crippen LogP contribution is 1.93. The Kier molecular flexibility index (Phi) is 7.88. The van der Waals surface area contributed by atoms with Crippen molar-refractivity contribution in [2.75, 3.05) is 33.4 Å². The van der Waals surface area contributed by atoms with Gasteiger partial charge in [0.25, 0.3) is 0 Å². The summed E-state index contributed by atoms with van der Waals surface area (Å²) in [5.41, 5.74) is 0. The molecule has 1 aliphatic rings. The van der Waals surface area contributed by atoms with Crippen LogP contribution in [0.2, 0.25) is 0 Å². The summed E-state index contributed by atoms with van der Waals surface area (Å²) in [6, 6.07) is -0.309. The van der Waals surface area contributed by atoms with Crippen molar-refractivity contribution in [2.24, 2.45) is 0 Å². The number of esters is 1. The van der Waals surface area contributed by atoms with Crippen molar-refractivity contribution in [1.29, 1.82) is 0 Å². The number of methoxy groups -OCH3 is 1. The number of morpholine rings is 1. The van der Waals surface area contributed by atoms with E-state index < -0.39 is 0 Å². The lowest BCUT2D eigenvalue weighted by molar-refractivity contribution is -0.140. The van der Waals surface area contributed by atoms with E-state index in [4.69, 9.17) is 4.74 Å². The molecule has 0 bridgehead atoms. The van der Waals surface area contributed by atoms with Crippen LogP contribution in [0.1, 0.15) is 6.42 Å². The second-order valence-electron chi connectivity index (χ2n) is 3.20. The fraction of sp³-hybridized carbons (Fsp3) is 0.778. The fourth-order valence-corrected chi connectivity index (χ4v) is 1.25. The molecule has 1 heterocycles. The van der Waals surface area contributed by atoms with Gasteiger partial charge in [0.1, 0.15) is 6.04 Å². The van der Waals surface area contributed by atoms with Crippen molar-refractivity contribution >= 4 is 24.3 Å². The molecule has 1 atom stereocenters. The molecule has 2 N–H and O–H groups in total. The first-order valence-corrected chi connectivity index (χ1v) is 4.89. The Labute approximate surface area is 100 Å². The third-order valence-electron chi connectivity index (χ3n) is 2.09. The van der Waals surface area contributed by atoms with E-state index in [0.29, 0.717) is 26.3 Å². The van der Waals surface area contributed by atoms with E-state index in [1.165, 1.54) is 7.11 Å². The molecule has 1 amide bonds. The van der Waals surface area contributed by atoms with Gasteiger partial charge >= 0.3 is 5.97 Å². The normalized spacial score (nSPS) is 19.4. The van der Waals surface area contributed by atoms with Crippen LogP contribution in [0, 0.1) is 0 Å². The fourth-order valence-electron chi connectivity index (χ4n) is 1.25. The molecule has 0 saturated carbocycles. The van der Waals surface area contributed by atoms with E-state index in [0.717, 1.165) is 0 Å². The number of rotatable bonds is 4. The molecule has 16 heavy (non-hydrogen) atoms. The Morgan fingerprint density at radius 2 is 2.31 bits per heavy atom. The highest BCUT2D eigenvalue weighted by Gasteiger charge is 2.20. The largest absolute Gasteiger partial charge is 0.469 e. The summed E-state index contributed by atoms with van der Waals surface area (Å²) in [5.74, 6) is -0.471. The van der Waals surface area contributed by atoms with Crippen molar-refractivity contribution in [1.82, 2.24) is 10.6 Å². The van der Waals surface area contributed by atoms with Gasteiger partial charge in [-0.05, 0) is 0 Å². The maximum Gasteiger partial charge on any atom is 0.307 e. The minimum absolute atomic E-state index is 0. The van der Waals surface area contributed by atoms with Crippen LogP contribution in [0.5, 0.6) is 0 Å². The summed E-state index contributed by atoms with van der Waals surface area (Å²) >= 11 is 0. The zero-order valence-electron chi connectivity index (χ0n) is 9.15. The van der Waals surface area contributed by atoms with Crippen LogP contribution < -0.4 is 10.6 Å². The van der Waals surface area contributed by atoms with E-state index in [9.17, 15) is 9.59 Å². The molecule has 1 unspecified atom stereocenters. The highest BCUT2D eigenvalue weighted by molar-refractivity contribution is 5.85. The second-order valence-corrected chi connectivity index (χ2v) is 3.20. The van der Waals surface area contributed by atoms with Gasteiger partial charge in [0, 0.05) is 13.1 Å². The summed E-state index contributed by atoms with van der Waals surface area (Å²) < 4.78 is 9.58. The smallest absolute Gasteiger partial charge is 0.307 e. The maximum atomic E-state index is 11.5. The van der Waals surface area contributed by atoms with Gasteiger partial charge < -0.3 is 20.1 Å². The zero-order chi connectivity index (χ0) is 11.1. The molecule has 1 saturated heterocycles. The van der Waals surface area contributed by atoms with E-state index in [-0.39, 0.29) is 36.7 Å². The molecule has 1 fully saturated rings. The van der Waals surface area contributed by atoms with E-state index in [2.05, 4.69) is 15.4 Å². The highest BCUT2D eigenvalue weighted by atomic mass is 35.5. The van der Waals surface area contributed by atoms with Gasteiger partial charge in [0.05, 0.1) is 26.7 Å². The average Bonchev–Trinajstić information content (AvgIpc) is 2.29. The topological polar surface area (TPSA) is 76.7 Å². The first-order chi connectivity index (χ1) is 7.24. The first-order valence-electron chi connectivity index (χ1n) is 4.89. The number of nitrogens with one attached hydrogen (secondary N) is 2. The summed E-state index contributed by atoms with van der Waals surface area (Å²) in [6.07, 6.45) is 0.190. The number of hydrogen-bond acceptors (Lipinski definition) is 5. The number of halogens is 1. The monoisotopic (exact) mass is 252 g/mol. The molecule has 1 aliphatic heterocycles. The van der Waals surface area contributed by atoms with Crippen LogP contribution in [0.3, 0.4) is 0 Å². The Morgan fingerprint density at radius 3 is 2.88 bits per heavy atom. The standard InChI is InChI=1S/C9H16N2O4.ClH/c1-14-8(12)2-3-11-9(13)7-6-15-5-4-10-7;/h7,10H,2-6H2,1H3,(H,11,13);1H. The summed E-state index contributed by atoms with van der Waals surface area (Å²) in [4.78, 5) is 22.2. The van der Waals surface area contributed by atoms with E-state index in [1.807, 2.05) is 0 Å². The number of carbonyl (C=O) groups is 2. The Hall–Kier alpha value is -0.850. The molecular weight excluding hydrogens is 236 g/mol. The summed E-state index contributed by atoms with van der Waals surface area (Å²) in [5, 5.41) is 5.65. The Balaban J connectivity index is 0.00000225. The van der Waals surface area contributed by atoms with Crippen molar-refractivity contribution in [3.63, 3.8) is 0 Å². The summed E-state index contributed by atoms with van der Waals surface area (Å²) in [7, 11) is 1.32. The van der Waals surface area contributed by atoms with Crippen molar-refractivity contribution < 1.29 is 19.1 Å². The van der Waals surface area contributed by atoms with Crippen molar-refractivity contribution in [2.45, 2.75) is 12.5 Å². The van der Waals surface area contributed by atoms with E-state index in [1.54, 1.807) is 0 Å². The van der Waals surface area contributed by atoms with Gasteiger partial charge in [-0.25, -0.2) is 0 Å². The quantitative estimate of drug-likeness (QED) is 0.633. The molecule has 7 heteroatoms. The molecule has 94 valence electrons. The minimum Gasteiger partial charge on any atom is -0.469 e. The van der Waals surface area contributed by atoms with Gasteiger partial charge in [0.15, 0.2) is 0 Å². The molecular formula is C9H17ClN2O4. The van der Waals surface area contributed by atoms with Crippen LogP contribution in [-0.2, 0) is 19.1 Å². The Bertz CT molecular complexity index is 232. The number of hydrogen-bond donors (Lipinski definition) is 2. The predicted octanol–water partition coefficient (Wildman–Crippen LogP) is -0.924. The van der Waals surface area contributed by atoms with Crippen LogP contribution in [0.4, 0.5) is 0 Å². The lowest BCUT2D eigenvalue weighted by atomic mass is 10.2. The van der Waals surface area contributed by atoms with Gasteiger partial charge in [-0.3, -0.25) is 9.59 Å². The third-order valence-corrected chi connectivity index (χ3v) is 2.09. The number of ether oxygens (including phenoxy) is 2. The molecule has 1 rings (SSSR count). The van der Waals surface area contributed by atoms with Crippen LogP contribution in [0.25, 0.3) is 0 Å². The first kappa shape index (κ1) is 15.2. The lowest BCUT2D eigenvalue weighted by Crippen LogP contribution is -2.51. The second kappa shape index (κ2) is 8.32. The number of amides is 1. The maximum absolute atomic E-state index is 11.5. The Morgan fingerprint density at radius 1 is 1.56 bits per heavy atom.